The molecule has 0 aliphatic carbocycles. The Bertz CT molecular complexity index is 433. The maximum Gasteiger partial charge on any atom is 0.309 e. The molecule has 19 heavy (non-hydrogen) atoms. The molecular formula is C13H17BrO4S. The maximum atomic E-state index is 11.7. The van der Waals surface area contributed by atoms with Crippen LogP contribution in [-0.2, 0) is 20.3 Å². The summed E-state index contributed by atoms with van der Waals surface area (Å²) in [7, 11) is 0.246. The molecule has 0 aliphatic rings. The van der Waals surface area contributed by atoms with Crippen molar-refractivity contribution in [3.63, 3.8) is 0 Å². The van der Waals surface area contributed by atoms with E-state index in [0.29, 0.717) is 18.1 Å². The standard InChI is InChI=1S/C13H17BrO4S/c1-10(13(15)17-2)9-19(16)8-7-18-12-5-3-11(14)4-6-12/h3-6,10H,7-9H2,1-2H3. The first-order valence-electron chi connectivity index (χ1n) is 5.84. The maximum absolute atomic E-state index is 11.7. The molecule has 0 spiro atoms. The van der Waals surface area contributed by atoms with Gasteiger partial charge >= 0.3 is 5.97 Å². The molecule has 0 heterocycles. The Labute approximate surface area is 124 Å². The van der Waals surface area contributed by atoms with Crippen LogP contribution in [0.1, 0.15) is 6.92 Å². The van der Waals surface area contributed by atoms with Crippen LogP contribution in [0.5, 0.6) is 5.75 Å². The van der Waals surface area contributed by atoms with Gasteiger partial charge in [0.2, 0.25) is 0 Å². The van der Waals surface area contributed by atoms with Crippen LogP contribution in [0.25, 0.3) is 0 Å². The third-order valence-electron chi connectivity index (χ3n) is 2.43. The number of rotatable bonds is 7. The van der Waals surface area contributed by atoms with Crippen molar-refractivity contribution in [1.29, 1.82) is 0 Å². The first kappa shape index (κ1) is 16.2. The molecule has 0 saturated heterocycles. The number of esters is 1. The Balaban J connectivity index is 2.27. The number of methoxy groups -OCH3 is 1. The zero-order valence-electron chi connectivity index (χ0n) is 10.9. The van der Waals surface area contributed by atoms with Crippen LogP contribution in [0, 0.1) is 5.92 Å². The largest absolute Gasteiger partial charge is 0.493 e. The van der Waals surface area contributed by atoms with E-state index < -0.39 is 10.8 Å². The Morgan fingerprint density at radius 1 is 1.37 bits per heavy atom. The minimum Gasteiger partial charge on any atom is -0.493 e. The van der Waals surface area contributed by atoms with Gasteiger partial charge in [-0.1, -0.05) is 22.9 Å². The summed E-state index contributed by atoms with van der Waals surface area (Å²) >= 11 is 3.34. The first-order valence-corrected chi connectivity index (χ1v) is 8.12. The summed E-state index contributed by atoms with van der Waals surface area (Å²) in [4.78, 5) is 11.2. The molecule has 0 N–H and O–H groups in total. The van der Waals surface area contributed by atoms with E-state index in [0.717, 1.165) is 10.2 Å². The Morgan fingerprint density at radius 2 is 2.00 bits per heavy atom. The predicted molar refractivity (Wildman–Crippen MR) is 78.7 cm³/mol. The smallest absolute Gasteiger partial charge is 0.309 e. The van der Waals surface area contributed by atoms with E-state index in [4.69, 9.17) is 4.74 Å². The Hall–Kier alpha value is -0.880. The summed E-state index contributed by atoms with van der Waals surface area (Å²) in [6, 6.07) is 7.44. The van der Waals surface area contributed by atoms with E-state index in [2.05, 4.69) is 20.7 Å². The van der Waals surface area contributed by atoms with Crippen LogP contribution < -0.4 is 4.74 Å². The SMILES string of the molecule is COC(=O)C(C)CS(=O)CCOc1ccc(Br)cc1. The van der Waals surface area contributed by atoms with Gasteiger partial charge in [0, 0.05) is 21.0 Å². The number of ether oxygens (including phenoxy) is 2. The molecule has 0 fully saturated rings. The first-order chi connectivity index (χ1) is 9.02. The molecular weight excluding hydrogens is 332 g/mol. The third kappa shape index (κ3) is 6.20. The molecule has 0 amide bonds. The van der Waals surface area contributed by atoms with E-state index in [1.807, 2.05) is 24.3 Å². The van der Waals surface area contributed by atoms with E-state index in [1.54, 1.807) is 6.92 Å². The molecule has 2 atom stereocenters. The highest BCUT2D eigenvalue weighted by Gasteiger charge is 2.16. The number of carbonyl (C=O) groups excluding carboxylic acids is 1. The van der Waals surface area contributed by atoms with Crippen molar-refractivity contribution in [1.82, 2.24) is 0 Å². The molecule has 2 unspecified atom stereocenters. The van der Waals surface area contributed by atoms with Crippen LogP contribution in [0.2, 0.25) is 0 Å². The van der Waals surface area contributed by atoms with Crippen LogP contribution in [0.15, 0.2) is 28.7 Å². The van der Waals surface area contributed by atoms with Gasteiger partial charge in [0.1, 0.15) is 5.75 Å². The summed E-state index contributed by atoms with van der Waals surface area (Å²) in [6.07, 6.45) is 0. The average Bonchev–Trinajstić information content (AvgIpc) is 2.40. The minimum absolute atomic E-state index is 0.302. The van der Waals surface area contributed by atoms with Crippen LogP contribution in [-0.4, -0.2) is 35.4 Å². The summed E-state index contributed by atoms with van der Waals surface area (Å²) in [6.45, 7) is 2.07. The number of benzene rings is 1. The van der Waals surface area contributed by atoms with Crippen LogP contribution >= 0.6 is 15.9 Å². The topological polar surface area (TPSA) is 52.6 Å². The fraction of sp³-hybridized carbons (Fsp3) is 0.462. The van der Waals surface area contributed by atoms with Gasteiger partial charge in [-0.15, -0.1) is 0 Å². The molecule has 0 aromatic heterocycles. The molecule has 1 rings (SSSR count). The quantitative estimate of drug-likeness (QED) is 0.710. The lowest BCUT2D eigenvalue weighted by Crippen LogP contribution is -2.22. The second kappa shape index (κ2) is 8.32. The van der Waals surface area contributed by atoms with Crippen molar-refractivity contribution in [2.24, 2.45) is 5.92 Å². The summed E-state index contributed by atoms with van der Waals surface area (Å²) in [5.41, 5.74) is 0. The van der Waals surface area contributed by atoms with Gasteiger partial charge in [-0.2, -0.15) is 0 Å². The Kier molecular flexibility index (Phi) is 7.09. The highest BCUT2D eigenvalue weighted by molar-refractivity contribution is 9.10. The zero-order chi connectivity index (χ0) is 14.3. The van der Waals surface area contributed by atoms with Gasteiger partial charge in [-0.25, -0.2) is 0 Å². The van der Waals surface area contributed by atoms with Crippen LogP contribution in [0.3, 0.4) is 0 Å². The van der Waals surface area contributed by atoms with Crippen molar-refractivity contribution in [3.8, 4) is 5.75 Å². The second-order valence-electron chi connectivity index (χ2n) is 4.04. The van der Waals surface area contributed by atoms with Gasteiger partial charge in [0.05, 0.1) is 25.4 Å². The lowest BCUT2D eigenvalue weighted by molar-refractivity contribution is -0.144. The van der Waals surface area contributed by atoms with Crippen molar-refractivity contribution >= 4 is 32.7 Å². The molecule has 0 bridgehead atoms. The molecule has 1 aromatic carbocycles. The van der Waals surface area contributed by atoms with E-state index in [-0.39, 0.29) is 11.9 Å². The number of halogens is 1. The van der Waals surface area contributed by atoms with E-state index in [1.165, 1.54) is 7.11 Å². The molecule has 106 valence electrons. The fourth-order valence-corrected chi connectivity index (χ4v) is 2.81. The van der Waals surface area contributed by atoms with Gasteiger partial charge in [0.15, 0.2) is 0 Å². The average molecular weight is 349 g/mol. The second-order valence-corrected chi connectivity index (χ2v) is 6.57. The predicted octanol–water partition coefficient (Wildman–Crippen LogP) is 2.39. The summed E-state index contributed by atoms with van der Waals surface area (Å²) in [5.74, 6) is 0.759. The minimum atomic E-state index is -1.09. The number of carbonyl (C=O) groups is 1. The van der Waals surface area contributed by atoms with Crippen molar-refractivity contribution in [2.45, 2.75) is 6.92 Å². The monoisotopic (exact) mass is 348 g/mol. The van der Waals surface area contributed by atoms with Crippen molar-refractivity contribution in [2.75, 3.05) is 25.2 Å². The van der Waals surface area contributed by atoms with Crippen molar-refractivity contribution < 1.29 is 18.5 Å². The third-order valence-corrected chi connectivity index (χ3v) is 4.46. The highest BCUT2D eigenvalue weighted by Crippen LogP contribution is 2.16. The normalized spacial score (nSPS) is 13.6. The van der Waals surface area contributed by atoms with Gasteiger partial charge in [-0.3, -0.25) is 9.00 Å². The lowest BCUT2D eigenvalue weighted by Gasteiger charge is -2.09. The van der Waals surface area contributed by atoms with Gasteiger partial charge < -0.3 is 9.47 Å². The van der Waals surface area contributed by atoms with E-state index >= 15 is 0 Å². The molecule has 4 nitrogen and oxygen atoms in total. The lowest BCUT2D eigenvalue weighted by atomic mass is 10.2. The zero-order valence-corrected chi connectivity index (χ0v) is 13.3. The van der Waals surface area contributed by atoms with Gasteiger partial charge in [0.25, 0.3) is 0 Å². The molecule has 0 aliphatic heterocycles. The Morgan fingerprint density at radius 3 is 2.58 bits per heavy atom. The molecule has 6 heteroatoms. The van der Waals surface area contributed by atoms with Crippen molar-refractivity contribution in [3.05, 3.63) is 28.7 Å². The summed E-state index contributed by atoms with van der Waals surface area (Å²) in [5, 5.41) is 0. The highest BCUT2D eigenvalue weighted by atomic mass is 79.9. The van der Waals surface area contributed by atoms with Gasteiger partial charge in [-0.05, 0) is 24.3 Å². The number of hydrogen-bond acceptors (Lipinski definition) is 4. The van der Waals surface area contributed by atoms with E-state index in [9.17, 15) is 9.00 Å². The molecule has 1 aromatic rings. The van der Waals surface area contributed by atoms with Crippen LogP contribution in [0.4, 0.5) is 0 Å². The molecule has 0 radical (unpaired) electrons. The summed E-state index contributed by atoms with van der Waals surface area (Å²) < 4.78 is 22.8. The molecule has 0 saturated carbocycles. The fourth-order valence-electron chi connectivity index (χ4n) is 1.41. The number of hydrogen-bond donors (Lipinski definition) is 0.